The first-order valence-corrected chi connectivity index (χ1v) is 8.14. The summed E-state index contributed by atoms with van der Waals surface area (Å²) in [5.74, 6) is -1.80. The van der Waals surface area contributed by atoms with Crippen molar-refractivity contribution in [3.63, 3.8) is 0 Å². The minimum atomic E-state index is -0.692. The van der Waals surface area contributed by atoms with Crippen molar-refractivity contribution in [3.8, 4) is 23.0 Å². The molecular formula is C20H16O4. The van der Waals surface area contributed by atoms with E-state index in [1.165, 1.54) is 11.1 Å². The third kappa shape index (κ3) is 1.48. The van der Waals surface area contributed by atoms with E-state index in [9.17, 15) is 20.4 Å². The van der Waals surface area contributed by atoms with Gasteiger partial charge in [-0.3, -0.25) is 0 Å². The number of fused-ring (bicyclic) bond motifs is 2. The Labute approximate surface area is 137 Å². The standard InChI is InChI=1S/C20H16O4/c21-17-13-8-11-5-4-9-2-1-3-10-6-7-12(15(11)14(9)10)16(13)18(22)20(24)19(17)23/h4-9,21-24H,1-3H2. The van der Waals surface area contributed by atoms with Crippen LogP contribution in [0.3, 0.4) is 0 Å². The summed E-state index contributed by atoms with van der Waals surface area (Å²) in [7, 11) is 0. The molecule has 1 unspecified atom stereocenters. The minimum absolute atomic E-state index is 0.337. The topological polar surface area (TPSA) is 80.9 Å². The Morgan fingerprint density at radius 1 is 0.833 bits per heavy atom. The molecule has 5 rings (SSSR count). The van der Waals surface area contributed by atoms with E-state index in [2.05, 4.69) is 18.2 Å². The van der Waals surface area contributed by atoms with Crippen LogP contribution in [-0.2, 0) is 6.42 Å². The quantitative estimate of drug-likeness (QED) is 0.283. The second-order valence-electron chi connectivity index (χ2n) is 6.70. The number of hydrogen-bond donors (Lipinski definition) is 4. The SMILES string of the molecule is Oc1c(O)c(O)c2c(cc3c4c5c(ccc42)CCCC5C=C3)c1O. The summed E-state index contributed by atoms with van der Waals surface area (Å²) in [5, 5.41) is 43.0. The predicted octanol–water partition coefficient (Wildman–Crippen LogP) is 4.26. The highest BCUT2D eigenvalue weighted by Crippen LogP contribution is 2.53. The lowest BCUT2D eigenvalue weighted by Gasteiger charge is -2.29. The molecule has 0 aromatic heterocycles. The zero-order valence-corrected chi connectivity index (χ0v) is 12.9. The molecule has 4 nitrogen and oxygen atoms in total. The van der Waals surface area contributed by atoms with E-state index in [1.54, 1.807) is 6.07 Å². The molecule has 0 amide bonds. The molecule has 1 atom stereocenters. The number of hydrogen-bond acceptors (Lipinski definition) is 4. The molecule has 0 radical (unpaired) electrons. The molecule has 24 heavy (non-hydrogen) atoms. The largest absolute Gasteiger partial charge is 0.504 e. The number of phenolic OH excluding ortho intramolecular Hbond substituents is 4. The van der Waals surface area contributed by atoms with Crippen molar-refractivity contribution in [1.82, 2.24) is 0 Å². The van der Waals surface area contributed by atoms with Gasteiger partial charge in [-0.15, -0.1) is 0 Å². The van der Waals surface area contributed by atoms with Crippen LogP contribution in [0.1, 0.15) is 35.4 Å². The van der Waals surface area contributed by atoms with Gasteiger partial charge in [0.05, 0.1) is 0 Å². The maximum Gasteiger partial charge on any atom is 0.204 e. The van der Waals surface area contributed by atoms with Gasteiger partial charge in [0.1, 0.15) is 0 Å². The predicted molar refractivity (Wildman–Crippen MR) is 92.8 cm³/mol. The van der Waals surface area contributed by atoms with E-state index in [0.29, 0.717) is 16.7 Å². The van der Waals surface area contributed by atoms with Gasteiger partial charge in [-0.1, -0.05) is 24.3 Å². The molecule has 3 aromatic rings. The number of phenols is 4. The lowest BCUT2D eigenvalue weighted by atomic mass is 9.75. The number of aryl methyl sites for hydroxylation is 1. The molecule has 2 aliphatic rings. The molecule has 0 bridgehead atoms. The van der Waals surface area contributed by atoms with Gasteiger partial charge in [0.2, 0.25) is 11.5 Å². The van der Waals surface area contributed by atoms with Crippen LogP contribution in [0, 0.1) is 0 Å². The second kappa shape index (κ2) is 4.35. The van der Waals surface area contributed by atoms with Crippen LogP contribution in [0.4, 0.5) is 0 Å². The molecule has 4 heteroatoms. The number of benzene rings is 3. The van der Waals surface area contributed by atoms with Crippen molar-refractivity contribution in [3.05, 3.63) is 41.0 Å². The molecule has 0 aliphatic heterocycles. The summed E-state index contributed by atoms with van der Waals surface area (Å²) >= 11 is 0. The minimum Gasteiger partial charge on any atom is -0.504 e. The first kappa shape index (κ1) is 13.5. The lowest BCUT2D eigenvalue weighted by Crippen LogP contribution is -2.11. The van der Waals surface area contributed by atoms with Crippen molar-refractivity contribution in [2.24, 2.45) is 0 Å². The van der Waals surface area contributed by atoms with Crippen molar-refractivity contribution in [2.75, 3.05) is 0 Å². The Hall–Kier alpha value is -2.88. The summed E-state index contributed by atoms with van der Waals surface area (Å²) in [4.78, 5) is 0. The van der Waals surface area contributed by atoms with Crippen LogP contribution in [0.2, 0.25) is 0 Å². The molecule has 0 spiro atoms. The van der Waals surface area contributed by atoms with E-state index < -0.39 is 23.0 Å². The van der Waals surface area contributed by atoms with Gasteiger partial charge < -0.3 is 20.4 Å². The first-order valence-electron chi connectivity index (χ1n) is 8.14. The maximum absolute atomic E-state index is 10.4. The van der Waals surface area contributed by atoms with Crippen molar-refractivity contribution < 1.29 is 20.4 Å². The average molecular weight is 320 g/mol. The van der Waals surface area contributed by atoms with Gasteiger partial charge in [-0.05, 0) is 52.8 Å². The van der Waals surface area contributed by atoms with E-state index in [4.69, 9.17) is 0 Å². The Bertz CT molecular complexity index is 1080. The summed E-state index contributed by atoms with van der Waals surface area (Å²) in [5.41, 5.74) is 3.59. The molecular weight excluding hydrogens is 304 g/mol. The zero-order chi connectivity index (χ0) is 16.6. The highest BCUT2D eigenvalue weighted by molar-refractivity contribution is 6.18. The highest BCUT2D eigenvalue weighted by Gasteiger charge is 2.28. The molecule has 3 aromatic carbocycles. The van der Waals surface area contributed by atoms with Gasteiger partial charge in [0.25, 0.3) is 0 Å². The highest BCUT2D eigenvalue weighted by atomic mass is 16.3. The summed E-state index contributed by atoms with van der Waals surface area (Å²) in [6.45, 7) is 0. The fraction of sp³-hybridized carbons (Fsp3) is 0.200. The molecule has 0 heterocycles. The zero-order valence-electron chi connectivity index (χ0n) is 12.9. The lowest BCUT2D eigenvalue weighted by molar-refractivity contribution is 0.351. The van der Waals surface area contributed by atoms with E-state index in [1.807, 2.05) is 6.07 Å². The van der Waals surface area contributed by atoms with Crippen molar-refractivity contribution in [1.29, 1.82) is 0 Å². The number of allylic oxidation sites excluding steroid dienone is 1. The van der Waals surface area contributed by atoms with E-state index >= 15 is 0 Å². The van der Waals surface area contributed by atoms with E-state index in [-0.39, 0.29) is 0 Å². The van der Waals surface area contributed by atoms with Crippen LogP contribution in [0.25, 0.3) is 27.6 Å². The Kier molecular flexibility index (Phi) is 2.46. The molecule has 0 saturated carbocycles. The number of rotatable bonds is 0. The maximum atomic E-state index is 10.4. The summed E-state index contributed by atoms with van der Waals surface area (Å²) in [6.07, 6.45) is 7.57. The third-order valence-electron chi connectivity index (χ3n) is 5.47. The fourth-order valence-corrected chi connectivity index (χ4v) is 4.38. The molecule has 0 fully saturated rings. The van der Waals surface area contributed by atoms with Gasteiger partial charge in [-0.2, -0.15) is 0 Å². The van der Waals surface area contributed by atoms with Gasteiger partial charge in [0, 0.05) is 16.7 Å². The molecule has 2 aliphatic carbocycles. The normalized spacial score (nSPS) is 18.4. The molecule has 120 valence electrons. The van der Waals surface area contributed by atoms with Crippen LogP contribution in [0.15, 0.2) is 24.3 Å². The first-order chi connectivity index (χ1) is 11.6. The van der Waals surface area contributed by atoms with Crippen molar-refractivity contribution in [2.45, 2.75) is 25.2 Å². The summed E-state index contributed by atoms with van der Waals surface area (Å²) in [6, 6.07) is 5.79. The Morgan fingerprint density at radius 2 is 1.62 bits per heavy atom. The third-order valence-corrected chi connectivity index (χ3v) is 5.47. The van der Waals surface area contributed by atoms with Gasteiger partial charge in [0.15, 0.2) is 11.5 Å². The summed E-state index contributed by atoms with van der Waals surface area (Å²) < 4.78 is 0. The molecule has 4 N–H and O–H groups in total. The van der Waals surface area contributed by atoms with E-state index in [0.717, 1.165) is 35.6 Å². The van der Waals surface area contributed by atoms with Crippen LogP contribution >= 0.6 is 0 Å². The fourth-order valence-electron chi connectivity index (χ4n) is 4.38. The second-order valence-corrected chi connectivity index (χ2v) is 6.70. The Balaban J connectivity index is 2.07. The van der Waals surface area contributed by atoms with Crippen LogP contribution < -0.4 is 0 Å². The monoisotopic (exact) mass is 320 g/mol. The Morgan fingerprint density at radius 3 is 2.46 bits per heavy atom. The number of aromatic hydroxyl groups is 4. The van der Waals surface area contributed by atoms with Gasteiger partial charge >= 0.3 is 0 Å². The average Bonchev–Trinajstić information content (AvgIpc) is 2.62. The van der Waals surface area contributed by atoms with Crippen LogP contribution in [-0.4, -0.2) is 20.4 Å². The van der Waals surface area contributed by atoms with Gasteiger partial charge in [-0.25, -0.2) is 0 Å². The smallest absolute Gasteiger partial charge is 0.204 e. The van der Waals surface area contributed by atoms with Crippen LogP contribution in [0.5, 0.6) is 23.0 Å². The molecule has 0 saturated heterocycles. The van der Waals surface area contributed by atoms with Crippen molar-refractivity contribution >= 4 is 27.6 Å².